The number of nitrogens with two attached hydrogens (primary N) is 1. The highest BCUT2D eigenvalue weighted by Crippen LogP contribution is 2.30. The van der Waals surface area contributed by atoms with Crippen LogP contribution in [0.25, 0.3) is 0 Å². The molecule has 1 saturated heterocycles. The number of primary amides is 1. The van der Waals surface area contributed by atoms with Gasteiger partial charge in [-0.2, -0.15) is 0 Å². The summed E-state index contributed by atoms with van der Waals surface area (Å²) in [5.74, 6) is -0.190. The molecule has 2 atom stereocenters. The molecule has 1 aliphatic heterocycles. The van der Waals surface area contributed by atoms with Gasteiger partial charge >= 0.3 is 0 Å². The largest absolute Gasteiger partial charge is 0.416 e. The molecule has 1 aliphatic rings. The van der Waals surface area contributed by atoms with E-state index in [2.05, 4.69) is 10.2 Å². The number of carbonyl (C=O) groups is 1. The number of aromatic nitrogens is 2. The van der Waals surface area contributed by atoms with Crippen LogP contribution in [0, 0.1) is 0 Å². The average molecular weight is 291 g/mol. The van der Waals surface area contributed by atoms with Crippen LogP contribution < -0.4 is 5.73 Å². The van der Waals surface area contributed by atoms with Gasteiger partial charge in [-0.1, -0.05) is 11.8 Å². The zero-order chi connectivity index (χ0) is 13.3. The smallest absolute Gasteiger partial charge is 0.277 e. The van der Waals surface area contributed by atoms with Crippen molar-refractivity contribution in [3.05, 3.63) is 5.89 Å². The summed E-state index contributed by atoms with van der Waals surface area (Å²) in [7, 11) is -2.98. The number of rotatable bonds is 4. The molecule has 100 valence electrons. The third-order valence-electron chi connectivity index (χ3n) is 2.68. The lowest BCUT2D eigenvalue weighted by Gasteiger charge is -2.02. The Hall–Kier alpha value is -1.09. The molecule has 7 nitrogen and oxygen atoms in total. The summed E-state index contributed by atoms with van der Waals surface area (Å²) in [5, 5.41) is 7.37. The zero-order valence-electron chi connectivity index (χ0n) is 9.70. The van der Waals surface area contributed by atoms with Crippen molar-refractivity contribution in [2.24, 2.45) is 5.73 Å². The standard InChI is InChI=1S/C9H13N3O4S2/c1-5(7(10)13)17-9-12-11-8(16-9)6-2-3-18(14,15)4-6/h5-6H,2-4H2,1H3,(H2,10,13)/t5-,6+/m1/s1. The molecule has 2 heterocycles. The maximum absolute atomic E-state index is 11.3. The first kappa shape index (κ1) is 13.3. The third-order valence-corrected chi connectivity index (χ3v) is 5.40. The minimum absolute atomic E-state index is 0.0463. The second kappa shape index (κ2) is 4.88. The number of carbonyl (C=O) groups excluding carboxylic acids is 1. The highest BCUT2D eigenvalue weighted by molar-refractivity contribution is 8.00. The Morgan fingerprint density at radius 2 is 2.28 bits per heavy atom. The number of nitrogens with zero attached hydrogens (tertiary/aromatic N) is 2. The van der Waals surface area contributed by atoms with Crippen LogP contribution in [-0.4, -0.2) is 41.3 Å². The van der Waals surface area contributed by atoms with Gasteiger partial charge < -0.3 is 10.2 Å². The fourth-order valence-electron chi connectivity index (χ4n) is 1.63. The van der Waals surface area contributed by atoms with Gasteiger partial charge in [0.05, 0.1) is 22.7 Å². The molecule has 0 aliphatic carbocycles. The molecular formula is C9H13N3O4S2. The molecule has 1 fully saturated rings. The quantitative estimate of drug-likeness (QED) is 0.772. The molecule has 0 unspecified atom stereocenters. The van der Waals surface area contributed by atoms with Crippen molar-refractivity contribution in [2.75, 3.05) is 11.5 Å². The van der Waals surface area contributed by atoms with E-state index in [1.165, 1.54) is 0 Å². The highest BCUT2D eigenvalue weighted by Gasteiger charge is 2.33. The van der Waals surface area contributed by atoms with E-state index in [-0.39, 0.29) is 22.6 Å². The van der Waals surface area contributed by atoms with E-state index in [0.717, 1.165) is 11.8 Å². The normalized spacial score (nSPS) is 23.9. The molecule has 1 aromatic rings. The summed E-state index contributed by atoms with van der Waals surface area (Å²) in [6, 6.07) is 0. The molecule has 0 radical (unpaired) electrons. The molecule has 18 heavy (non-hydrogen) atoms. The first-order valence-electron chi connectivity index (χ1n) is 5.37. The molecule has 1 amide bonds. The van der Waals surface area contributed by atoms with Crippen molar-refractivity contribution in [3.8, 4) is 0 Å². The Morgan fingerprint density at radius 3 is 2.83 bits per heavy atom. The Kier molecular flexibility index (Phi) is 3.62. The number of hydrogen-bond donors (Lipinski definition) is 1. The van der Waals surface area contributed by atoms with Crippen molar-refractivity contribution >= 4 is 27.5 Å². The number of hydrogen-bond acceptors (Lipinski definition) is 7. The number of sulfone groups is 1. The van der Waals surface area contributed by atoms with Crippen molar-refractivity contribution in [1.29, 1.82) is 0 Å². The van der Waals surface area contributed by atoms with Crippen LogP contribution in [0.5, 0.6) is 0 Å². The molecule has 0 bridgehead atoms. The predicted molar refractivity (Wildman–Crippen MR) is 64.8 cm³/mol. The van der Waals surface area contributed by atoms with E-state index in [0.29, 0.717) is 12.3 Å². The van der Waals surface area contributed by atoms with E-state index >= 15 is 0 Å². The second-order valence-electron chi connectivity index (χ2n) is 4.17. The van der Waals surface area contributed by atoms with Gasteiger partial charge in [0.15, 0.2) is 9.84 Å². The first-order chi connectivity index (χ1) is 8.37. The van der Waals surface area contributed by atoms with Gasteiger partial charge in [0.1, 0.15) is 0 Å². The lowest BCUT2D eigenvalue weighted by Crippen LogP contribution is -2.22. The summed E-state index contributed by atoms with van der Waals surface area (Å²) in [5.41, 5.74) is 5.12. The van der Waals surface area contributed by atoms with Crippen LogP contribution in [0.3, 0.4) is 0 Å². The maximum atomic E-state index is 11.3. The molecule has 0 aromatic carbocycles. The Balaban J connectivity index is 2.05. The predicted octanol–water partition coefficient (Wildman–Crippen LogP) is -0.0624. The molecule has 9 heteroatoms. The Bertz CT molecular complexity index is 554. The van der Waals surface area contributed by atoms with Crippen molar-refractivity contribution < 1.29 is 17.6 Å². The van der Waals surface area contributed by atoms with Crippen LogP contribution >= 0.6 is 11.8 Å². The molecular weight excluding hydrogens is 278 g/mol. The fraction of sp³-hybridized carbons (Fsp3) is 0.667. The molecule has 2 N–H and O–H groups in total. The number of thioether (sulfide) groups is 1. The summed E-state index contributed by atoms with van der Waals surface area (Å²) >= 11 is 1.07. The third kappa shape index (κ3) is 3.02. The van der Waals surface area contributed by atoms with Gasteiger partial charge in [-0.3, -0.25) is 4.79 Å². The lowest BCUT2D eigenvalue weighted by atomic mass is 10.1. The van der Waals surface area contributed by atoms with Crippen LogP contribution in [0.1, 0.15) is 25.2 Å². The lowest BCUT2D eigenvalue weighted by molar-refractivity contribution is -0.117. The van der Waals surface area contributed by atoms with Gasteiger partial charge in [0, 0.05) is 0 Å². The van der Waals surface area contributed by atoms with Crippen LogP contribution in [-0.2, 0) is 14.6 Å². The highest BCUT2D eigenvalue weighted by atomic mass is 32.2. The van der Waals surface area contributed by atoms with E-state index in [4.69, 9.17) is 10.2 Å². The maximum Gasteiger partial charge on any atom is 0.277 e. The summed E-state index contributed by atoms with van der Waals surface area (Å²) in [6.45, 7) is 1.64. The second-order valence-corrected chi connectivity index (χ2v) is 7.69. The van der Waals surface area contributed by atoms with Gasteiger partial charge in [-0.25, -0.2) is 8.42 Å². The minimum atomic E-state index is -2.98. The van der Waals surface area contributed by atoms with E-state index < -0.39 is 21.0 Å². The summed E-state index contributed by atoms with van der Waals surface area (Å²) in [4.78, 5) is 10.9. The molecule has 1 aromatic heterocycles. The van der Waals surface area contributed by atoms with Gasteiger partial charge in [0.2, 0.25) is 11.8 Å². The van der Waals surface area contributed by atoms with Gasteiger partial charge in [-0.05, 0) is 13.3 Å². The van der Waals surface area contributed by atoms with Gasteiger partial charge in [-0.15, -0.1) is 10.2 Å². The first-order valence-corrected chi connectivity index (χ1v) is 8.07. The zero-order valence-corrected chi connectivity index (χ0v) is 11.3. The van der Waals surface area contributed by atoms with Gasteiger partial charge in [0.25, 0.3) is 5.22 Å². The Morgan fingerprint density at radius 1 is 1.56 bits per heavy atom. The van der Waals surface area contributed by atoms with E-state index in [9.17, 15) is 13.2 Å². The monoisotopic (exact) mass is 291 g/mol. The average Bonchev–Trinajstić information content (AvgIpc) is 2.84. The Labute approximate surface area is 108 Å². The number of amides is 1. The molecule has 0 saturated carbocycles. The summed E-state index contributed by atoms with van der Waals surface area (Å²) in [6.07, 6.45) is 0.500. The van der Waals surface area contributed by atoms with Crippen LogP contribution in [0.15, 0.2) is 9.64 Å². The van der Waals surface area contributed by atoms with Crippen molar-refractivity contribution in [1.82, 2.24) is 10.2 Å². The topological polar surface area (TPSA) is 116 Å². The fourth-order valence-corrected chi connectivity index (χ4v) is 4.00. The van der Waals surface area contributed by atoms with E-state index in [1.807, 2.05) is 0 Å². The van der Waals surface area contributed by atoms with E-state index in [1.54, 1.807) is 6.92 Å². The van der Waals surface area contributed by atoms with Crippen LogP contribution in [0.4, 0.5) is 0 Å². The molecule has 0 spiro atoms. The summed E-state index contributed by atoms with van der Waals surface area (Å²) < 4.78 is 28.0. The molecule has 2 rings (SSSR count). The minimum Gasteiger partial charge on any atom is -0.416 e. The van der Waals surface area contributed by atoms with Crippen molar-refractivity contribution in [3.63, 3.8) is 0 Å². The van der Waals surface area contributed by atoms with Crippen LogP contribution in [0.2, 0.25) is 0 Å². The SMILES string of the molecule is C[C@@H](Sc1nnc([C@H]2CCS(=O)(=O)C2)o1)C(N)=O. The van der Waals surface area contributed by atoms with Crippen molar-refractivity contribution in [2.45, 2.75) is 29.7 Å².